The van der Waals surface area contributed by atoms with E-state index in [1.807, 2.05) is 35.8 Å². The van der Waals surface area contributed by atoms with Gasteiger partial charge in [-0.25, -0.2) is 0 Å². The zero-order valence-electron chi connectivity index (χ0n) is 12.1. The van der Waals surface area contributed by atoms with Crippen molar-refractivity contribution in [3.63, 3.8) is 0 Å². The molecule has 21 heavy (non-hydrogen) atoms. The maximum atomic E-state index is 12.2. The fraction of sp³-hybridized carbons (Fsp3) is 0.294. The Bertz CT molecular complexity index is 777. The molecule has 0 unspecified atom stereocenters. The van der Waals surface area contributed by atoms with E-state index >= 15 is 0 Å². The van der Waals surface area contributed by atoms with Crippen LogP contribution in [0.15, 0.2) is 35.1 Å². The Morgan fingerprint density at radius 1 is 1.29 bits per heavy atom. The summed E-state index contributed by atoms with van der Waals surface area (Å²) >= 11 is 5.00. The molecule has 0 saturated heterocycles. The standard InChI is InChI=1S/C17H18N2OS/c1-11-9-13(17(18)21)5-6-14(11)10-19-15-4-2-3-12(15)7-8-16(19)20/h5-9H,2-4,10H2,1H3,(H2,18,21). The van der Waals surface area contributed by atoms with Crippen molar-refractivity contribution >= 4 is 17.2 Å². The summed E-state index contributed by atoms with van der Waals surface area (Å²) in [5.41, 5.74) is 11.4. The molecule has 108 valence electrons. The lowest BCUT2D eigenvalue weighted by Crippen LogP contribution is -2.23. The monoisotopic (exact) mass is 298 g/mol. The van der Waals surface area contributed by atoms with Gasteiger partial charge in [-0.3, -0.25) is 4.79 Å². The molecule has 0 saturated carbocycles. The third kappa shape index (κ3) is 2.63. The topological polar surface area (TPSA) is 48.0 Å². The predicted molar refractivity (Wildman–Crippen MR) is 88.9 cm³/mol. The Morgan fingerprint density at radius 2 is 2.10 bits per heavy atom. The van der Waals surface area contributed by atoms with E-state index in [9.17, 15) is 4.79 Å². The lowest BCUT2D eigenvalue weighted by atomic mass is 10.0. The molecule has 1 aliphatic carbocycles. The molecule has 0 atom stereocenters. The summed E-state index contributed by atoms with van der Waals surface area (Å²) in [6, 6.07) is 9.60. The molecule has 3 nitrogen and oxygen atoms in total. The van der Waals surface area contributed by atoms with Gasteiger partial charge in [0.1, 0.15) is 4.99 Å². The SMILES string of the molecule is Cc1cc(C(N)=S)ccc1Cn1c2c(ccc1=O)CCC2. The van der Waals surface area contributed by atoms with Crippen LogP contribution in [0.5, 0.6) is 0 Å². The zero-order valence-corrected chi connectivity index (χ0v) is 12.9. The molecule has 4 heteroatoms. The van der Waals surface area contributed by atoms with Gasteiger partial charge in [0.25, 0.3) is 5.56 Å². The van der Waals surface area contributed by atoms with Gasteiger partial charge in [-0.05, 0) is 48.9 Å². The van der Waals surface area contributed by atoms with Gasteiger partial charge >= 0.3 is 0 Å². The second-order valence-electron chi connectivity index (χ2n) is 5.59. The normalized spacial score (nSPS) is 13.2. The number of nitrogens with zero attached hydrogens (tertiary/aromatic N) is 1. The van der Waals surface area contributed by atoms with Crippen LogP contribution in [0, 0.1) is 6.92 Å². The van der Waals surface area contributed by atoms with Crippen molar-refractivity contribution in [2.24, 2.45) is 5.73 Å². The van der Waals surface area contributed by atoms with Crippen LogP contribution in [-0.4, -0.2) is 9.56 Å². The van der Waals surface area contributed by atoms with Gasteiger partial charge in [0, 0.05) is 17.3 Å². The molecule has 0 fully saturated rings. The van der Waals surface area contributed by atoms with Crippen molar-refractivity contribution in [2.45, 2.75) is 32.7 Å². The molecular formula is C17H18N2OS. The second-order valence-corrected chi connectivity index (χ2v) is 6.03. The molecule has 2 aromatic rings. The third-order valence-corrected chi connectivity index (χ3v) is 4.44. The van der Waals surface area contributed by atoms with E-state index in [1.54, 1.807) is 6.07 Å². The minimum atomic E-state index is 0.0773. The lowest BCUT2D eigenvalue weighted by Gasteiger charge is -2.14. The number of aromatic nitrogens is 1. The molecule has 0 amide bonds. The number of fused-ring (bicyclic) bond motifs is 1. The van der Waals surface area contributed by atoms with Crippen LogP contribution in [0.3, 0.4) is 0 Å². The molecule has 0 bridgehead atoms. The first-order valence-corrected chi connectivity index (χ1v) is 7.58. The van der Waals surface area contributed by atoms with Crippen molar-refractivity contribution in [3.8, 4) is 0 Å². The summed E-state index contributed by atoms with van der Waals surface area (Å²) in [5.74, 6) is 0. The highest BCUT2D eigenvalue weighted by Gasteiger charge is 2.16. The molecule has 3 rings (SSSR count). The Hall–Kier alpha value is -1.94. The number of rotatable bonds is 3. The fourth-order valence-corrected chi connectivity index (χ4v) is 3.13. The van der Waals surface area contributed by atoms with E-state index in [-0.39, 0.29) is 5.56 Å². The Morgan fingerprint density at radius 3 is 2.81 bits per heavy atom. The number of nitrogens with two attached hydrogens (primary N) is 1. The van der Waals surface area contributed by atoms with Crippen LogP contribution < -0.4 is 11.3 Å². The van der Waals surface area contributed by atoms with Crippen molar-refractivity contribution < 1.29 is 0 Å². The molecule has 1 aliphatic rings. The summed E-state index contributed by atoms with van der Waals surface area (Å²) in [4.78, 5) is 12.6. The third-order valence-electron chi connectivity index (χ3n) is 4.20. The van der Waals surface area contributed by atoms with Crippen LogP contribution >= 0.6 is 12.2 Å². The zero-order chi connectivity index (χ0) is 15.0. The molecule has 0 aliphatic heterocycles. The number of hydrogen-bond donors (Lipinski definition) is 1. The highest BCUT2D eigenvalue weighted by atomic mass is 32.1. The lowest BCUT2D eigenvalue weighted by molar-refractivity contribution is 0.704. The molecule has 1 heterocycles. The Labute approximate surface area is 129 Å². The van der Waals surface area contributed by atoms with Crippen LogP contribution in [0.2, 0.25) is 0 Å². The summed E-state index contributed by atoms with van der Waals surface area (Å²) in [5, 5.41) is 0. The molecule has 0 radical (unpaired) electrons. The summed E-state index contributed by atoms with van der Waals surface area (Å²) in [7, 11) is 0. The van der Waals surface area contributed by atoms with Crippen LogP contribution in [0.4, 0.5) is 0 Å². The number of aryl methyl sites for hydroxylation is 2. The van der Waals surface area contributed by atoms with Gasteiger partial charge in [0.2, 0.25) is 0 Å². The van der Waals surface area contributed by atoms with Crippen molar-refractivity contribution in [2.75, 3.05) is 0 Å². The molecule has 1 aromatic carbocycles. The van der Waals surface area contributed by atoms with Crippen LogP contribution in [0.1, 0.15) is 34.4 Å². The summed E-state index contributed by atoms with van der Waals surface area (Å²) in [6.07, 6.45) is 3.21. The minimum absolute atomic E-state index is 0.0773. The molecule has 2 N–H and O–H groups in total. The maximum Gasteiger partial charge on any atom is 0.251 e. The number of hydrogen-bond acceptors (Lipinski definition) is 2. The van der Waals surface area contributed by atoms with Gasteiger partial charge in [0.15, 0.2) is 0 Å². The highest BCUT2D eigenvalue weighted by molar-refractivity contribution is 7.80. The fourth-order valence-electron chi connectivity index (χ4n) is 3.00. The highest BCUT2D eigenvalue weighted by Crippen LogP contribution is 2.21. The predicted octanol–water partition coefficient (Wildman–Crippen LogP) is 2.33. The van der Waals surface area contributed by atoms with Crippen molar-refractivity contribution in [1.29, 1.82) is 0 Å². The Balaban J connectivity index is 2.00. The first-order chi connectivity index (χ1) is 10.1. The van der Waals surface area contributed by atoms with Crippen molar-refractivity contribution in [3.05, 3.63) is 68.6 Å². The van der Waals surface area contributed by atoms with E-state index in [0.717, 1.165) is 36.0 Å². The number of benzene rings is 1. The van der Waals surface area contributed by atoms with E-state index in [2.05, 4.69) is 0 Å². The number of thiocarbonyl (C=S) groups is 1. The van der Waals surface area contributed by atoms with Crippen LogP contribution in [0.25, 0.3) is 0 Å². The smallest absolute Gasteiger partial charge is 0.251 e. The van der Waals surface area contributed by atoms with Crippen LogP contribution in [-0.2, 0) is 19.4 Å². The average Bonchev–Trinajstić information content (AvgIpc) is 2.92. The molecule has 1 aromatic heterocycles. The molecule has 0 spiro atoms. The largest absolute Gasteiger partial charge is 0.389 e. The summed E-state index contributed by atoms with van der Waals surface area (Å²) in [6.45, 7) is 2.65. The van der Waals surface area contributed by atoms with E-state index in [4.69, 9.17) is 18.0 Å². The van der Waals surface area contributed by atoms with Gasteiger partial charge < -0.3 is 10.3 Å². The first-order valence-electron chi connectivity index (χ1n) is 7.17. The average molecular weight is 298 g/mol. The number of pyridine rings is 1. The maximum absolute atomic E-state index is 12.2. The Kier molecular flexibility index (Phi) is 3.64. The first kappa shape index (κ1) is 14.0. The molecular weight excluding hydrogens is 280 g/mol. The second kappa shape index (κ2) is 5.45. The van der Waals surface area contributed by atoms with Crippen molar-refractivity contribution in [1.82, 2.24) is 4.57 Å². The summed E-state index contributed by atoms with van der Waals surface area (Å²) < 4.78 is 1.91. The van der Waals surface area contributed by atoms with Gasteiger partial charge in [-0.2, -0.15) is 0 Å². The van der Waals surface area contributed by atoms with E-state index in [1.165, 1.54) is 11.3 Å². The van der Waals surface area contributed by atoms with Gasteiger partial charge in [-0.1, -0.05) is 30.4 Å². The van der Waals surface area contributed by atoms with Gasteiger partial charge in [-0.15, -0.1) is 0 Å². The van der Waals surface area contributed by atoms with Gasteiger partial charge in [0.05, 0.1) is 6.54 Å². The quantitative estimate of drug-likeness (QED) is 0.885. The van der Waals surface area contributed by atoms with E-state index in [0.29, 0.717) is 11.5 Å². The minimum Gasteiger partial charge on any atom is -0.389 e. The van der Waals surface area contributed by atoms with E-state index < -0.39 is 0 Å².